The van der Waals surface area contributed by atoms with Gasteiger partial charge in [0.25, 0.3) is 5.56 Å². The van der Waals surface area contributed by atoms with Gasteiger partial charge in [-0.25, -0.2) is 9.59 Å². The summed E-state index contributed by atoms with van der Waals surface area (Å²) in [6, 6.07) is 16.3. The normalized spacial score (nSPS) is 11.4. The lowest BCUT2D eigenvalue weighted by Crippen LogP contribution is -2.44. The van der Waals surface area contributed by atoms with Gasteiger partial charge in [-0.3, -0.25) is 18.7 Å². The second kappa shape index (κ2) is 9.88. The van der Waals surface area contributed by atoms with Crippen LogP contribution >= 0.6 is 0 Å². The number of aliphatic hydroxyl groups is 1. The Kier molecular flexibility index (Phi) is 7.17. The molecule has 178 valence electrons. The van der Waals surface area contributed by atoms with Crippen LogP contribution < -0.4 is 17.0 Å². The lowest BCUT2D eigenvalue weighted by molar-refractivity contribution is -0.160. The Balaban J connectivity index is 1.95. The molecule has 9 heteroatoms. The largest absolute Gasteiger partial charge is 0.455 e. The average Bonchev–Trinajstić information content (AvgIpc) is 2.84. The molecular formula is C25H27N3O6. The zero-order valence-corrected chi connectivity index (χ0v) is 19.2. The molecule has 0 aliphatic rings. The van der Waals surface area contributed by atoms with Crippen molar-refractivity contribution in [1.29, 1.82) is 0 Å². The fraction of sp³-hybridized carbons (Fsp3) is 0.280. The molecule has 3 rings (SSSR count). The smallest absolute Gasteiger partial charge is 0.348 e. The third kappa shape index (κ3) is 4.55. The fourth-order valence-corrected chi connectivity index (χ4v) is 3.66. The van der Waals surface area contributed by atoms with E-state index in [2.05, 4.69) is 0 Å². The number of Topliss-reactive ketones (excluding diaryl/α,β-unsaturated/α-hetero) is 1. The van der Waals surface area contributed by atoms with E-state index in [0.717, 1.165) is 9.13 Å². The van der Waals surface area contributed by atoms with Crippen molar-refractivity contribution in [2.24, 2.45) is 13.0 Å². The summed E-state index contributed by atoms with van der Waals surface area (Å²) in [6.07, 6.45) is 0. The van der Waals surface area contributed by atoms with Crippen molar-refractivity contribution < 1.29 is 19.4 Å². The number of carbonyl (C=O) groups excluding carboxylic acids is 2. The molecule has 2 aromatic carbocycles. The molecule has 0 unspecified atom stereocenters. The van der Waals surface area contributed by atoms with Gasteiger partial charge in [-0.15, -0.1) is 0 Å². The maximum Gasteiger partial charge on any atom is 0.348 e. The molecule has 0 saturated heterocycles. The highest BCUT2D eigenvalue weighted by molar-refractivity contribution is 6.01. The zero-order valence-electron chi connectivity index (χ0n) is 19.2. The summed E-state index contributed by atoms with van der Waals surface area (Å²) >= 11 is 0. The number of anilines is 1. The third-order valence-electron chi connectivity index (χ3n) is 5.42. The van der Waals surface area contributed by atoms with E-state index in [1.807, 2.05) is 13.8 Å². The van der Waals surface area contributed by atoms with Gasteiger partial charge in [0.05, 0.1) is 0 Å². The minimum absolute atomic E-state index is 0.0185. The van der Waals surface area contributed by atoms with E-state index < -0.39 is 40.8 Å². The summed E-state index contributed by atoms with van der Waals surface area (Å²) in [5, 5.41) is 11.4. The van der Waals surface area contributed by atoms with E-state index in [0.29, 0.717) is 0 Å². The molecule has 0 saturated carbocycles. The second-order valence-corrected chi connectivity index (χ2v) is 8.35. The van der Waals surface area contributed by atoms with Crippen molar-refractivity contribution in [3.05, 3.63) is 98.2 Å². The molecule has 0 aliphatic carbocycles. The topological polar surface area (TPSA) is 134 Å². The summed E-state index contributed by atoms with van der Waals surface area (Å²) in [6.45, 7) is 3.06. The Morgan fingerprint density at radius 3 is 1.97 bits per heavy atom. The number of hydrogen-bond acceptors (Lipinski definition) is 7. The van der Waals surface area contributed by atoms with E-state index in [9.17, 15) is 24.3 Å². The van der Waals surface area contributed by atoms with Crippen LogP contribution in [-0.4, -0.2) is 32.6 Å². The standard InChI is InChI=1S/C25H27N3O6/c1-16(2)14-28-21(26)20(22(30)27(3)24(28)32)19(29)15-34-23(31)25(33,17-10-6-4-7-11-17)18-12-8-5-9-13-18/h4-13,16,33H,14-15,26H2,1-3H3. The highest BCUT2D eigenvalue weighted by atomic mass is 16.6. The summed E-state index contributed by atoms with van der Waals surface area (Å²) in [5.41, 5.74) is 2.35. The van der Waals surface area contributed by atoms with Crippen LogP contribution in [0.4, 0.5) is 5.82 Å². The number of nitrogen functional groups attached to an aromatic ring is 1. The number of ether oxygens (including phenoxy) is 1. The van der Waals surface area contributed by atoms with Crippen LogP contribution in [0, 0.1) is 5.92 Å². The van der Waals surface area contributed by atoms with Crippen molar-refractivity contribution in [3.8, 4) is 0 Å². The molecule has 9 nitrogen and oxygen atoms in total. The van der Waals surface area contributed by atoms with Gasteiger partial charge in [-0.05, 0) is 17.0 Å². The molecule has 0 amide bonds. The first-order valence-electron chi connectivity index (χ1n) is 10.7. The third-order valence-corrected chi connectivity index (χ3v) is 5.42. The molecule has 3 aromatic rings. The Morgan fingerprint density at radius 2 is 1.50 bits per heavy atom. The number of ketones is 1. The second-order valence-electron chi connectivity index (χ2n) is 8.35. The van der Waals surface area contributed by atoms with Gasteiger partial charge in [-0.2, -0.15) is 0 Å². The van der Waals surface area contributed by atoms with Crippen molar-refractivity contribution in [2.75, 3.05) is 12.3 Å². The Labute approximate surface area is 196 Å². The van der Waals surface area contributed by atoms with Gasteiger partial charge in [-0.1, -0.05) is 74.5 Å². The number of carbonyl (C=O) groups is 2. The lowest BCUT2D eigenvalue weighted by atomic mass is 9.86. The molecule has 1 heterocycles. The number of aromatic nitrogens is 2. The first-order chi connectivity index (χ1) is 16.1. The van der Waals surface area contributed by atoms with Crippen molar-refractivity contribution in [3.63, 3.8) is 0 Å². The highest BCUT2D eigenvalue weighted by Crippen LogP contribution is 2.31. The number of benzene rings is 2. The maximum atomic E-state index is 13.1. The van der Waals surface area contributed by atoms with Crippen molar-refractivity contribution >= 4 is 17.6 Å². The van der Waals surface area contributed by atoms with E-state index in [1.165, 1.54) is 7.05 Å². The molecule has 0 bridgehead atoms. The fourth-order valence-electron chi connectivity index (χ4n) is 3.66. The molecule has 0 spiro atoms. The monoisotopic (exact) mass is 465 g/mol. The number of nitrogens with two attached hydrogens (primary N) is 1. The average molecular weight is 466 g/mol. The SMILES string of the molecule is CC(C)Cn1c(N)c(C(=O)COC(=O)C(O)(c2ccccc2)c2ccccc2)c(=O)n(C)c1=O. The predicted octanol–water partition coefficient (Wildman–Crippen LogP) is 1.45. The van der Waals surface area contributed by atoms with Crippen molar-refractivity contribution in [1.82, 2.24) is 9.13 Å². The van der Waals surface area contributed by atoms with E-state index >= 15 is 0 Å². The van der Waals surface area contributed by atoms with Crippen LogP contribution in [0.25, 0.3) is 0 Å². The van der Waals surface area contributed by atoms with Crippen molar-refractivity contribution in [2.45, 2.75) is 26.0 Å². The van der Waals surface area contributed by atoms with Crippen LogP contribution in [0.3, 0.4) is 0 Å². The molecule has 0 radical (unpaired) electrons. The van der Waals surface area contributed by atoms with Gasteiger partial charge in [0.1, 0.15) is 11.4 Å². The lowest BCUT2D eigenvalue weighted by Gasteiger charge is -2.27. The maximum absolute atomic E-state index is 13.1. The van der Waals surface area contributed by atoms with Gasteiger partial charge < -0.3 is 15.6 Å². The van der Waals surface area contributed by atoms with Crippen LogP contribution in [-0.2, 0) is 28.7 Å². The number of esters is 1. The number of rotatable bonds is 8. The summed E-state index contributed by atoms with van der Waals surface area (Å²) in [5.74, 6) is -2.24. The predicted molar refractivity (Wildman–Crippen MR) is 126 cm³/mol. The molecule has 34 heavy (non-hydrogen) atoms. The van der Waals surface area contributed by atoms with Crippen LogP contribution in [0.5, 0.6) is 0 Å². The van der Waals surface area contributed by atoms with Crippen LogP contribution in [0.2, 0.25) is 0 Å². The molecule has 0 fully saturated rings. The molecular weight excluding hydrogens is 438 g/mol. The zero-order chi connectivity index (χ0) is 25.0. The van der Waals surface area contributed by atoms with E-state index in [4.69, 9.17) is 10.5 Å². The Hall–Kier alpha value is -3.98. The van der Waals surface area contributed by atoms with Crippen LogP contribution in [0.15, 0.2) is 70.3 Å². The quantitative estimate of drug-likeness (QED) is 0.380. The first kappa shape index (κ1) is 24.7. The van der Waals surface area contributed by atoms with Gasteiger partial charge in [0.2, 0.25) is 11.4 Å². The van der Waals surface area contributed by atoms with Gasteiger partial charge >= 0.3 is 11.7 Å². The first-order valence-corrected chi connectivity index (χ1v) is 10.7. The Morgan fingerprint density at radius 1 is 1.00 bits per heavy atom. The van der Waals surface area contributed by atoms with Gasteiger partial charge in [0, 0.05) is 13.6 Å². The Bertz CT molecular complexity index is 1270. The number of nitrogens with zero attached hydrogens (tertiary/aromatic N) is 2. The van der Waals surface area contributed by atoms with E-state index in [1.54, 1.807) is 60.7 Å². The summed E-state index contributed by atoms with van der Waals surface area (Å²) in [7, 11) is 1.24. The molecule has 3 N–H and O–H groups in total. The molecule has 0 aliphatic heterocycles. The summed E-state index contributed by atoms with van der Waals surface area (Å²) < 4.78 is 7.14. The van der Waals surface area contributed by atoms with Crippen LogP contribution in [0.1, 0.15) is 35.3 Å². The van der Waals surface area contributed by atoms with E-state index in [-0.39, 0.29) is 29.4 Å². The summed E-state index contributed by atoms with van der Waals surface area (Å²) in [4.78, 5) is 51.1. The highest BCUT2D eigenvalue weighted by Gasteiger charge is 2.42. The minimum Gasteiger partial charge on any atom is -0.455 e. The van der Waals surface area contributed by atoms with Gasteiger partial charge in [0.15, 0.2) is 6.61 Å². The molecule has 1 aromatic heterocycles. The molecule has 0 atom stereocenters. The minimum atomic E-state index is -2.18. The number of hydrogen-bond donors (Lipinski definition) is 2.